The van der Waals surface area contributed by atoms with Gasteiger partial charge in [0.1, 0.15) is 17.3 Å². The lowest BCUT2D eigenvalue weighted by atomic mass is 9.90. The fourth-order valence-corrected chi connectivity index (χ4v) is 3.61. The van der Waals surface area contributed by atoms with Crippen molar-refractivity contribution in [2.75, 3.05) is 27.3 Å². The van der Waals surface area contributed by atoms with E-state index in [1.807, 2.05) is 18.2 Å². The van der Waals surface area contributed by atoms with Crippen LogP contribution in [-0.4, -0.2) is 38.1 Å². The lowest BCUT2D eigenvalue weighted by Crippen LogP contribution is -2.38. The van der Waals surface area contributed by atoms with Gasteiger partial charge in [0.05, 0.1) is 19.8 Å². The lowest BCUT2D eigenvalue weighted by Gasteiger charge is -2.32. The molecule has 5 heteroatoms. The first kappa shape index (κ1) is 19.2. The SMILES string of the molecule is COc1cc(CCC2CCN(C(=O)c3ccccc3F)CC2)cc(OC)c1. The summed E-state index contributed by atoms with van der Waals surface area (Å²) in [6.45, 7) is 1.36. The first-order chi connectivity index (χ1) is 13.1. The number of hydrogen-bond acceptors (Lipinski definition) is 3. The topological polar surface area (TPSA) is 38.8 Å². The fourth-order valence-electron chi connectivity index (χ4n) is 3.61. The van der Waals surface area contributed by atoms with E-state index in [1.54, 1.807) is 37.3 Å². The maximum Gasteiger partial charge on any atom is 0.256 e. The quantitative estimate of drug-likeness (QED) is 0.759. The summed E-state index contributed by atoms with van der Waals surface area (Å²) >= 11 is 0. The van der Waals surface area contributed by atoms with Crippen molar-refractivity contribution in [1.29, 1.82) is 0 Å². The van der Waals surface area contributed by atoms with Crippen LogP contribution in [0.25, 0.3) is 0 Å². The Hall–Kier alpha value is -2.56. The minimum absolute atomic E-state index is 0.166. The molecule has 2 aromatic rings. The molecule has 0 spiro atoms. The van der Waals surface area contributed by atoms with Gasteiger partial charge in [0, 0.05) is 19.2 Å². The van der Waals surface area contributed by atoms with Gasteiger partial charge in [-0.05, 0) is 61.4 Å². The average Bonchev–Trinajstić information content (AvgIpc) is 2.72. The number of carbonyl (C=O) groups is 1. The van der Waals surface area contributed by atoms with Crippen molar-refractivity contribution in [1.82, 2.24) is 4.90 Å². The summed E-state index contributed by atoms with van der Waals surface area (Å²) in [5.41, 5.74) is 1.36. The molecule has 144 valence electrons. The highest BCUT2D eigenvalue weighted by atomic mass is 19.1. The van der Waals surface area contributed by atoms with Gasteiger partial charge in [-0.1, -0.05) is 12.1 Å². The van der Waals surface area contributed by atoms with Crippen molar-refractivity contribution in [3.8, 4) is 11.5 Å². The number of halogens is 1. The number of hydrogen-bond donors (Lipinski definition) is 0. The molecule has 1 aliphatic rings. The molecule has 1 aliphatic heterocycles. The minimum atomic E-state index is -0.448. The number of carbonyl (C=O) groups excluding carboxylic acids is 1. The molecule has 0 atom stereocenters. The third-order valence-electron chi connectivity index (χ3n) is 5.26. The molecule has 3 rings (SSSR count). The summed E-state index contributed by atoms with van der Waals surface area (Å²) in [6.07, 6.45) is 3.89. The molecule has 0 unspecified atom stereocenters. The van der Waals surface area contributed by atoms with Crippen LogP contribution in [0.2, 0.25) is 0 Å². The first-order valence-corrected chi connectivity index (χ1v) is 9.36. The molecule has 1 heterocycles. The fraction of sp³-hybridized carbons (Fsp3) is 0.409. The number of ether oxygens (including phenoxy) is 2. The van der Waals surface area contributed by atoms with Crippen LogP contribution in [-0.2, 0) is 6.42 Å². The van der Waals surface area contributed by atoms with Gasteiger partial charge in [-0.15, -0.1) is 0 Å². The summed E-state index contributed by atoms with van der Waals surface area (Å²) < 4.78 is 24.5. The van der Waals surface area contributed by atoms with Crippen molar-refractivity contribution in [2.24, 2.45) is 5.92 Å². The standard InChI is InChI=1S/C22H26FNO3/c1-26-18-13-17(14-19(15-18)27-2)8-7-16-9-11-24(12-10-16)22(25)20-5-3-4-6-21(20)23/h3-6,13-16H,7-12H2,1-2H3. The third kappa shape index (κ3) is 4.79. The van der Waals surface area contributed by atoms with Gasteiger partial charge in [0.2, 0.25) is 0 Å². The van der Waals surface area contributed by atoms with Crippen LogP contribution in [0.5, 0.6) is 11.5 Å². The molecule has 1 fully saturated rings. The normalized spacial score (nSPS) is 14.9. The van der Waals surface area contributed by atoms with Crippen molar-refractivity contribution in [2.45, 2.75) is 25.7 Å². The molecule has 4 nitrogen and oxygen atoms in total. The van der Waals surface area contributed by atoms with Crippen molar-refractivity contribution >= 4 is 5.91 Å². The van der Waals surface area contributed by atoms with E-state index in [0.29, 0.717) is 19.0 Å². The number of benzene rings is 2. The predicted octanol–water partition coefficient (Wildman–Crippen LogP) is 4.33. The second-order valence-electron chi connectivity index (χ2n) is 6.98. The Kier molecular flexibility index (Phi) is 6.32. The molecule has 1 saturated heterocycles. The van der Waals surface area contributed by atoms with E-state index in [0.717, 1.165) is 37.2 Å². The van der Waals surface area contributed by atoms with E-state index in [9.17, 15) is 9.18 Å². The zero-order valence-corrected chi connectivity index (χ0v) is 15.9. The van der Waals surface area contributed by atoms with Gasteiger partial charge < -0.3 is 14.4 Å². The zero-order valence-electron chi connectivity index (χ0n) is 15.9. The number of nitrogens with zero attached hydrogens (tertiary/aromatic N) is 1. The van der Waals surface area contributed by atoms with Gasteiger partial charge >= 0.3 is 0 Å². The van der Waals surface area contributed by atoms with E-state index < -0.39 is 5.82 Å². The molecule has 2 aromatic carbocycles. The Balaban J connectivity index is 1.53. The molecule has 0 N–H and O–H groups in total. The van der Waals surface area contributed by atoms with E-state index >= 15 is 0 Å². The molecule has 0 radical (unpaired) electrons. The number of amides is 1. The molecule has 27 heavy (non-hydrogen) atoms. The number of piperidine rings is 1. The van der Waals surface area contributed by atoms with Crippen LogP contribution in [0.4, 0.5) is 4.39 Å². The highest BCUT2D eigenvalue weighted by Crippen LogP contribution is 2.27. The second-order valence-corrected chi connectivity index (χ2v) is 6.98. The van der Waals surface area contributed by atoms with Crippen LogP contribution in [0, 0.1) is 11.7 Å². The van der Waals surface area contributed by atoms with Gasteiger partial charge in [-0.25, -0.2) is 4.39 Å². The smallest absolute Gasteiger partial charge is 0.256 e. The molecule has 0 aliphatic carbocycles. The highest BCUT2D eigenvalue weighted by molar-refractivity contribution is 5.94. The summed E-state index contributed by atoms with van der Waals surface area (Å²) in [7, 11) is 3.31. The molecule has 0 aromatic heterocycles. The second kappa shape index (κ2) is 8.89. The minimum Gasteiger partial charge on any atom is -0.497 e. The number of aryl methyl sites for hydroxylation is 1. The molecule has 0 bridgehead atoms. The van der Waals surface area contributed by atoms with Crippen LogP contribution in [0.15, 0.2) is 42.5 Å². The zero-order chi connectivity index (χ0) is 19.2. The van der Waals surface area contributed by atoms with Gasteiger partial charge in [0.25, 0.3) is 5.91 Å². The number of rotatable bonds is 6. The van der Waals surface area contributed by atoms with Crippen LogP contribution >= 0.6 is 0 Å². The predicted molar refractivity (Wildman–Crippen MR) is 103 cm³/mol. The number of likely N-dealkylation sites (tertiary alicyclic amines) is 1. The Bertz CT molecular complexity index is 763. The van der Waals surface area contributed by atoms with Gasteiger partial charge in [-0.2, -0.15) is 0 Å². The first-order valence-electron chi connectivity index (χ1n) is 9.36. The molecular weight excluding hydrogens is 345 g/mol. The van der Waals surface area contributed by atoms with E-state index in [-0.39, 0.29) is 11.5 Å². The molecule has 1 amide bonds. The summed E-state index contributed by atoms with van der Waals surface area (Å²) in [5.74, 6) is 1.51. The molecule has 0 saturated carbocycles. The summed E-state index contributed by atoms with van der Waals surface area (Å²) in [4.78, 5) is 14.3. The summed E-state index contributed by atoms with van der Waals surface area (Å²) in [5, 5.41) is 0. The van der Waals surface area contributed by atoms with E-state index in [4.69, 9.17) is 9.47 Å². The van der Waals surface area contributed by atoms with E-state index in [2.05, 4.69) is 0 Å². The maximum atomic E-state index is 13.8. The van der Waals surface area contributed by atoms with Crippen molar-refractivity contribution < 1.29 is 18.7 Å². The largest absolute Gasteiger partial charge is 0.497 e. The highest BCUT2D eigenvalue weighted by Gasteiger charge is 2.25. The lowest BCUT2D eigenvalue weighted by molar-refractivity contribution is 0.0682. The van der Waals surface area contributed by atoms with E-state index in [1.165, 1.54) is 11.6 Å². The Morgan fingerprint density at radius 3 is 2.30 bits per heavy atom. The maximum absolute atomic E-state index is 13.8. The van der Waals surface area contributed by atoms with Crippen LogP contribution < -0.4 is 9.47 Å². The molecular formula is C22H26FNO3. The Morgan fingerprint density at radius 1 is 1.07 bits per heavy atom. The third-order valence-corrected chi connectivity index (χ3v) is 5.26. The van der Waals surface area contributed by atoms with Crippen LogP contribution in [0.3, 0.4) is 0 Å². The van der Waals surface area contributed by atoms with Crippen molar-refractivity contribution in [3.05, 3.63) is 59.4 Å². The number of methoxy groups -OCH3 is 2. The van der Waals surface area contributed by atoms with Crippen LogP contribution in [0.1, 0.15) is 35.2 Å². The monoisotopic (exact) mass is 371 g/mol. The Morgan fingerprint density at radius 2 is 1.70 bits per heavy atom. The Labute approximate surface area is 159 Å². The van der Waals surface area contributed by atoms with Crippen molar-refractivity contribution in [3.63, 3.8) is 0 Å². The van der Waals surface area contributed by atoms with Gasteiger partial charge in [-0.3, -0.25) is 4.79 Å². The van der Waals surface area contributed by atoms with Gasteiger partial charge in [0.15, 0.2) is 0 Å². The summed E-state index contributed by atoms with van der Waals surface area (Å²) in [6, 6.07) is 12.1. The average molecular weight is 371 g/mol.